The van der Waals surface area contributed by atoms with Gasteiger partial charge in [-0.05, 0) is 114 Å². The molecule has 0 radical (unpaired) electrons. The van der Waals surface area contributed by atoms with Gasteiger partial charge in [-0.3, -0.25) is 0 Å². The summed E-state index contributed by atoms with van der Waals surface area (Å²) >= 11 is 0. The Morgan fingerprint density at radius 1 is 0.800 bits per heavy atom. The van der Waals surface area contributed by atoms with Gasteiger partial charge in [-0.25, -0.2) is 0 Å². The molecule has 1 spiro atoms. The monoisotopic (exact) mass is 394 g/mol. The first-order chi connectivity index (χ1) is 14.8. The summed E-state index contributed by atoms with van der Waals surface area (Å²) in [6.07, 6.45) is 11.0. The van der Waals surface area contributed by atoms with E-state index in [1.165, 1.54) is 30.4 Å². The number of allylic oxidation sites excluding steroid dienone is 2. The van der Waals surface area contributed by atoms with Crippen LogP contribution in [0, 0.1) is 47.3 Å². The van der Waals surface area contributed by atoms with Gasteiger partial charge in [-0.1, -0.05) is 42.5 Å². The van der Waals surface area contributed by atoms with E-state index in [2.05, 4.69) is 61.5 Å². The fourth-order valence-corrected chi connectivity index (χ4v) is 9.91. The highest BCUT2D eigenvalue weighted by molar-refractivity contribution is 5.82. The summed E-state index contributed by atoms with van der Waals surface area (Å²) in [5.41, 5.74) is 6.40. The summed E-state index contributed by atoms with van der Waals surface area (Å²) in [7, 11) is 0. The minimum atomic E-state index is 0.233. The Hall–Kier alpha value is -2.02. The normalized spacial score (nSPS) is 45.1. The minimum Gasteiger partial charge on any atom is -0.494 e. The van der Waals surface area contributed by atoms with E-state index in [1.807, 2.05) is 0 Å². The summed E-state index contributed by atoms with van der Waals surface area (Å²) in [6, 6.07) is 16.3. The van der Waals surface area contributed by atoms with Gasteiger partial charge < -0.3 is 4.74 Å². The predicted octanol–water partition coefficient (Wildman–Crippen LogP) is 6.47. The van der Waals surface area contributed by atoms with Gasteiger partial charge in [0, 0.05) is 5.41 Å². The first-order valence-electron chi connectivity index (χ1n) is 12.3. The molecule has 30 heavy (non-hydrogen) atoms. The second kappa shape index (κ2) is 5.42. The van der Waals surface area contributed by atoms with Crippen molar-refractivity contribution in [3.63, 3.8) is 0 Å². The Morgan fingerprint density at radius 3 is 2.23 bits per heavy atom. The lowest BCUT2D eigenvalue weighted by molar-refractivity contribution is 0.108. The second-order valence-electron chi connectivity index (χ2n) is 11.2. The van der Waals surface area contributed by atoms with Gasteiger partial charge in [-0.2, -0.15) is 0 Å². The zero-order chi connectivity index (χ0) is 19.6. The number of hydrogen-bond donors (Lipinski definition) is 0. The van der Waals surface area contributed by atoms with Crippen LogP contribution in [0.3, 0.4) is 0 Å². The molecular weight excluding hydrogens is 364 g/mol. The maximum Gasteiger partial charge on any atom is 0.119 e. The van der Waals surface area contributed by atoms with Crippen LogP contribution in [0.5, 0.6) is 5.75 Å². The van der Waals surface area contributed by atoms with E-state index in [1.54, 1.807) is 17.5 Å². The molecule has 0 aromatic heterocycles. The Labute approximate surface area is 179 Å². The first kappa shape index (κ1) is 16.6. The van der Waals surface area contributed by atoms with Crippen LogP contribution in [0.2, 0.25) is 0 Å². The molecule has 0 amide bonds. The number of benzene rings is 2. The van der Waals surface area contributed by atoms with E-state index in [9.17, 15) is 0 Å². The van der Waals surface area contributed by atoms with Crippen molar-refractivity contribution in [2.45, 2.75) is 38.0 Å². The van der Waals surface area contributed by atoms with E-state index in [-0.39, 0.29) is 5.41 Å². The zero-order valence-electron chi connectivity index (χ0n) is 17.8. The molecule has 0 N–H and O–H groups in total. The number of ether oxygens (including phenoxy) is 1. The zero-order valence-corrected chi connectivity index (χ0v) is 17.8. The molecule has 0 aliphatic heterocycles. The standard InChI is InChI=1S/C29H30O/c1-2-30-18-9-10-20-19-5-3-4-6-25(19)29(26(20)12-18)14-23-21-13-22(24(23)15-29)28-17-8-7-16(11-17)27(21)28/h3-10,12,16-17,21-24,27-28H,2,11,13-15H2,1H3. The van der Waals surface area contributed by atoms with Crippen molar-refractivity contribution in [3.8, 4) is 16.9 Å². The van der Waals surface area contributed by atoms with E-state index in [0.29, 0.717) is 0 Å². The Morgan fingerprint density at radius 2 is 1.50 bits per heavy atom. The SMILES string of the molecule is CCOc1ccc2c(c1)C1(CC3C(C1)C1CC3C3C4C=CC(C4)C13)c1ccccc1-2. The van der Waals surface area contributed by atoms with Crippen molar-refractivity contribution >= 4 is 0 Å². The highest BCUT2D eigenvalue weighted by atomic mass is 16.5. The molecule has 0 saturated heterocycles. The fourth-order valence-electron chi connectivity index (χ4n) is 9.91. The molecule has 8 unspecified atom stereocenters. The molecule has 4 saturated carbocycles. The molecular formula is C29H30O. The third kappa shape index (κ3) is 1.76. The van der Waals surface area contributed by atoms with Gasteiger partial charge >= 0.3 is 0 Å². The van der Waals surface area contributed by atoms with E-state index in [0.717, 1.165) is 59.7 Å². The highest BCUT2D eigenvalue weighted by Crippen LogP contribution is 2.75. The molecule has 2 aromatic rings. The third-order valence-electron chi connectivity index (χ3n) is 10.5. The summed E-state index contributed by atoms with van der Waals surface area (Å²) in [5.74, 6) is 8.81. The van der Waals surface area contributed by atoms with Crippen LogP contribution in [0.25, 0.3) is 11.1 Å². The minimum absolute atomic E-state index is 0.233. The van der Waals surface area contributed by atoms with Crippen molar-refractivity contribution in [3.05, 3.63) is 65.7 Å². The Balaban J connectivity index is 1.26. The van der Waals surface area contributed by atoms with Crippen LogP contribution in [-0.2, 0) is 5.41 Å². The molecule has 4 bridgehead atoms. The molecule has 6 aliphatic rings. The molecule has 2 aromatic carbocycles. The molecule has 152 valence electrons. The van der Waals surface area contributed by atoms with Crippen LogP contribution >= 0.6 is 0 Å². The number of hydrogen-bond acceptors (Lipinski definition) is 1. The number of fused-ring (bicyclic) bond motifs is 17. The summed E-state index contributed by atoms with van der Waals surface area (Å²) < 4.78 is 5.97. The van der Waals surface area contributed by atoms with Crippen molar-refractivity contribution in [2.75, 3.05) is 6.61 Å². The van der Waals surface area contributed by atoms with Crippen molar-refractivity contribution in [2.24, 2.45) is 47.3 Å². The maximum absolute atomic E-state index is 5.97. The fraction of sp³-hybridized carbons (Fsp3) is 0.517. The lowest BCUT2D eigenvalue weighted by Gasteiger charge is -2.39. The van der Waals surface area contributed by atoms with Gasteiger partial charge in [0.25, 0.3) is 0 Å². The molecule has 1 heteroatoms. The van der Waals surface area contributed by atoms with Crippen molar-refractivity contribution < 1.29 is 4.74 Å². The highest BCUT2D eigenvalue weighted by Gasteiger charge is 2.68. The van der Waals surface area contributed by atoms with E-state index < -0.39 is 0 Å². The van der Waals surface area contributed by atoms with Gasteiger partial charge in [0.1, 0.15) is 5.75 Å². The summed E-state index contributed by atoms with van der Waals surface area (Å²) in [4.78, 5) is 0. The average Bonchev–Trinajstić information content (AvgIpc) is 3.58. The maximum atomic E-state index is 5.97. The predicted molar refractivity (Wildman–Crippen MR) is 119 cm³/mol. The quantitative estimate of drug-likeness (QED) is 0.419. The lowest BCUT2D eigenvalue weighted by atomic mass is 9.66. The second-order valence-corrected chi connectivity index (χ2v) is 11.2. The van der Waals surface area contributed by atoms with Crippen LogP contribution < -0.4 is 4.74 Å². The molecule has 8 rings (SSSR count). The van der Waals surface area contributed by atoms with Crippen LogP contribution in [-0.4, -0.2) is 6.61 Å². The van der Waals surface area contributed by atoms with Gasteiger partial charge in [-0.15, -0.1) is 0 Å². The van der Waals surface area contributed by atoms with Gasteiger partial charge in [0.15, 0.2) is 0 Å². The van der Waals surface area contributed by atoms with Crippen molar-refractivity contribution in [1.29, 1.82) is 0 Å². The van der Waals surface area contributed by atoms with E-state index in [4.69, 9.17) is 4.74 Å². The Kier molecular flexibility index (Phi) is 3.01. The van der Waals surface area contributed by atoms with Crippen LogP contribution in [0.15, 0.2) is 54.6 Å². The van der Waals surface area contributed by atoms with Gasteiger partial charge in [0.05, 0.1) is 6.61 Å². The summed E-state index contributed by atoms with van der Waals surface area (Å²) in [6.45, 7) is 2.84. The first-order valence-corrected chi connectivity index (χ1v) is 12.3. The average molecular weight is 395 g/mol. The van der Waals surface area contributed by atoms with Crippen LogP contribution in [0.1, 0.15) is 43.7 Å². The molecule has 4 fully saturated rings. The molecule has 0 heterocycles. The Bertz CT molecular complexity index is 1060. The topological polar surface area (TPSA) is 9.23 Å². The van der Waals surface area contributed by atoms with Crippen molar-refractivity contribution in [1.82, 2.24) is 0 Å². The molecule has 8 atom stereocenters. The molecule has 1 nitrogen and oxygen atoms in total. The largest absolute Gasteiger partial charge is 0.494 e. The van der Waals surface area contributed by atoms with Gasteiger partial charge in [0.2, 0.25) is 0 Å². The third-order valence-corrected chi connectivity index (χ3v) is 10.5. The van der Waals surface area contributed by atoms with E-state index >= 15 is 0 Å². The lowest BCUT2D eigenvalue weighted by Crippen LogP contribution is -2.34. The van der Waals surface area contributed by atoms with Crippen LogP contribution in [0.4, 0.5) is 0 Å². The number of rotatable bonds is 2. The summed E-state index contributed by atoms with van der Waals surface area (Å²) in [5, 5.41) is 0. The molecule has 6 aliphatic carbocycles. The smallest absolute Gasteiger partial charge is 0.119 e.